The molecule has 4 nitrogen and oxygen atoms in total. The van der Waals surface area contributed by atoms with Crippen molar-refractivity contribution in [1.29, 1.82) is 0 Å². The highest BCUT2D eigenvalue weighted by Gasteiger charge is 2.44. The minimum atomic E-state index is -0.912. The van der Waals surface area contributed by atoms with E-state index in [1.165, 1.54) is 5.56 Å². The van der Waals surface area contributed by atoms with E-state index < -0.39 is 5.97 Å². The molecule has 2 aromatic rings. The topological polar surface area (TPSA) is 66.6 Å². The van der Waals surface area contributed by atoms with E-state index in [-0.39, 0.29) is 16.9 Å². The van der Waals surface area contributed by atoms with Gasteiger partial charge in [0.2, 0.25) is 0 Å². The molecule has 1 heterocycles. The molecule has 1 aliphatic rings. The van der Waals surface area contributed by atoms with Gasteiger partial charge < -0.3 is 15.7 Å². The molecule has 0 unspecified atom stereocenters. The Balaban J connectivity index is 1.91. The molecule has 2 aromatic carbocycles. The third-order valence-electron chi connectivity index (χ3n) is 5.66. The third kappa shape index (κ3) is 4.18. The van der Waals surface area contributed by atoms with Gasteiger partial charge in [0.25, 0.3) is 0 Å². The summed E-state index contributed by atoms with van der Waals surface area (Å²) in [6.45, 7) is 10.4. The van der Waals surface area contributed by atoms with E-state index in [2.05, 4.69) is 38.7 Å². The van der Waals surface area contributed by atoms with Gasteiger partial charge in [0.05, 0.1) is 5.56 Å². The predicted molar refractivity (Wildman–Crippen MR) is 115 cm³/mol. The fourth-order valence-electron chi connectivity index (χ4n) is 4.13. The lowest BCUT2D eigenvalue weighted by Gasteiger charge is -2.36. The molecule has 0 spiro atoms. The van der Waals surface area contributed by atoms with Gasteiger partial charge in [-0.1, -0.05) is 57.5 Å². The van der Waals surface area contributed by atoms with Crippen LogP contribution in [-0.2, 0) is 12.0 Å². The van der Waals surface area contributed by atoms with Crippen LogP contribution in [0.1, 0.15) is 55.6 Å². The molecule has 3 N–H and O–H groups in total. The number of carbonyl (C=O) groups is 1. The summed E-state index contributed by atoms with van der Waals surface area (Å²) in [5, 5.41) is 9.81. The number of halogens is 1. The molecule has 0 bridgehead atoms. The summed E-state index contributed by atoms with van der Waals surface area (Å²) in [6, 6.07) is 13.1. The van der Waals surface area contributed by atoms with Crippen molar-refractivity contribution in [2.45, 2.75) is 52.1 Å². The van der Waals surface area contributed by atoms with Crippen LogP contribution in [-0.4, -0.2) is 23.7 Å². The monoisotopic (exact) mass is 400 g/mol. The van der Waals surface area contributed by atoms with Crippen LogP contribution in [0.4, 0.5) is 5.69 Å². The Hall–Kier alpha value is -2.04. The third-order valence-corrected chi connectivity index (χ3v) is 5.90. The van der Waals surface area contributed by atoms with Crippen LogP contribution in [0.2, 0.25) is 5.02 Å². The van der Waals surface area contributed by atoms with E-state index in [9.17, 15) is 4.79 Å². The van der Waals surface area contributed by atoms with E-state index in [0.29, 0.717) is 17.1 Å². The molecule has 150 valence electrons. The maximum atomic E-state index is 11.1. The molecule has 2 atom stereocenters. The summed E-state index contributed by atoms with van der Waals surface area (Å²) in [5.74, 6) is -0.912. The minimum Gasteiger partial charge on any atom is -0.478 e. The highest BCUT2D eigenvalue weighted by atomic mass is 35.5. The number of nitrogens with two attached hydrogens (primary N) is 1. The quantitative estimate of drug-likeness (QED) is 0.734. The molecular weight excluding hydrogens is 372 g/mol. The van der Waals surface area contributed by atoms with E-state index in [0.717, 1.165) is 24.2 Å². The second-order valence-electron chi connectivity index (χ2n) is 9.31. The predicted octanol–water partition coefficient (Wildman–Crippen LogP) is 5.08. The summed E-state index contributed by atoms with van der Waals surface area (Å²) in [4.78, 5) is 13.4. The second kappa shape index (κ2) is 7.41. The summed E-state index contributed by atoms with van der Waals surface area (Å²) >= 11 is 6.30. The zero-order chi connectivity index (χ0) is 20.7. The Morgan fingerprint density at radius 2 is 1.89 bits per heavy atom. The zero-order valence-corrected chi connectivity index (χ0v) is 17.8. The van der Waals surface area contributed by atoms with E-state index in [4.69, 9.17) is 22.4 Å². The van der Waals surface area contributed by atoms with E-state index in [1.54, 1.807) is 12.1 Å². The number of carboxylic acid groups (broad SMARTS) is 1. The summed E-state index contributed by atoms with van der Waals surface area (Å²) < 4.78 is 0. The number of nitrogens with zero attached hydrogens (tertiary/aromatic N) is 1. The van der Waals surface area contributed by atoms with Gasteiger partial charge in [0, 0.05) is 35.3 Å². The molecule has 0 fully saturated rings. The first-order valence-electron chi connectivity index (χ1n) is 9.62. The Bertz CT molecular complexity index is 873. The van der Waals surface area contributed by atoms with E-state index in [1.807, 2.05) is 24.3 Å². The number of hydrogen-bond acceptors (Lipinski definition) is 3. The Labute approximate surface area is 172 Å². The first-order chi connectivity index (χ1) is 13.0. The normalized spacial score (nSPS) is 20.1. The average molecular weight is 401 g/mol. The number of benzene rings is 2. The van der Waals surface area contributed by atoms with Crippen LogP contribution < -0.4 is 10.6 Å². The van der Waals surface area contributed by atoms with Crippen LogP contribution in [0.25, 0.3) is 0 Å². The standard InChI is InChI=1S/C23H29ClN2O2/c1-22(2,3)12-20(25)23(4)14-26(19-11-17(24)9-10-18(19)23)13-15-5-7-16(8-6-15)21(27)28/h5-11,20H,12-14,25H2,1-4H3,(H,27,28)/t20-,23+/m0/s1. The van der Waals surface area contributed by atoms with Crippen molar-refractivity contribution in [2.24, 2.45) is 11.1 Å². The Morgan fingerprint density at radius 3 is 2.46 bits per heavy atom. The van der Waals surface area contributed by atoms with Crippen molar-refractivity contribution in [3.05, 3.63) is 64.2 Å². The molecule has 28 heavy (non-hydrogen) atoms. The molecule has 3 rings (SSSR count). The summed E-state index contributed by atoms with van der Waals surface area (Å²) in [5.41, 5.74) is 10.4. The first-order valence-corrected chi connectivity index (χ1v) is 10.0. The van der Waals surface area contributed by atoms with Crippen LogP contribution in [0.5, 0.6) is 0 Å². The molecule has 0 amide bonds. The van der Waals surface area contributed by atoms with Crippen molar-refractivity contribution in [1.82, 2.24) is 0 Å². The van der Waals surface area contributed by atoms with Gasteiger partial charge in [-0.05, 0) is 47.2 Å². The lowest BCUT2D eigenvalue weighted by molar-refractivity contribution is 0.0697. The molecule has 0 aromatic heterocycles. The van der Waals surface area contributed by atoms with Gasteiger partial charge in [0.15, 0.2) is 0 Å². The molecule has 0 saturated heterocycles. The average Bonchev–Trinajstić information content (AvgIpc) is 2.87. The molecule has 0 aliphatic carbocycles. The molecule has 5 heteroatoms. The van der Waals surface area contributed by atoms with Crippen LogP contribution in [0.3, 0.4) is 0 Å². The summed E-state index contributed by atoms with van der Waals surface area (Å²) in [6.07, 6.45) is 0.923. The molecule has 0 radical (unpaired) electrons. The van der Waals surface area contributed by atoms with E-state index >= 15 is 0 Å². The highest BCUT2D eigenvalue weighted by molar-refractivity contribution is 6.30. The highest BCUT2D eigenvalue weighted by Crippen LogP contribution is 2.46. The Kier molecular flexibility index (Phi) is 5.48. The second-order valence-corrected chi connectivity index (χ2v) is 9.74. The lowest BCUT2D eigenvalue weighted by Crippen LogP contribution is -2.48. The van der Waals surface area contributed by atoms with Gasteiger partial charge in [-0.15, -0.1) is 0 Å². The SMILES string of the molecule is CC(C)(C)C[C@H](N)[C@]1(C)CN(Cc2ccc(C(=O)O)cc2)c2cc(Cl)ccc21. The number of fused-ring (bicyclic) bond motifs is 1. The number of rotatable bonds is 5. The van der Waals surface area contributed by atoms with Gasteiger partial charge in [-0.3, -0.25) is 0 Å². The minimum absolute atomic E-state index is 0.0202. The number of anilines is 1. The zero-order valence-electron chi connectivity index (χ0n) is 17.0. The van der Waals surface area contributed by atoms with Gasteiger partial charge in [0.1, 0.15) is 0 Å². The fourth-order valence-corrected chi connectivity index (χ4v) is 4.30. The van der Waals surface area contributed by atoms with Crippen molar-refractivity contribution in [3.8, 4) is 0 Å². The number of hydrogen-bond donors (Lipinski definition) is 2. The summed E-state index contributed by atoms with van der Waals surface area (Å²) in [7, 11) is 0. The lowest BCUT2D eigenvalue weighted by atomic mass is 9.72. The van der Waals surface area contributed by atoms with Crippen LogP contribution >= 0.6 is 11.6 Å². The Morgan fingerprint density at radius 1 is 1.25 bits per heavy atom. The van der Waals surface area contributed by atoms with Crippen molar-refractivity contribution in [2.75, 3.05) is 11.4 Å². The number of aromatic carboxylic acids is 1. The maximum absolute atomic E-state index is 11.1. The van der Waals surface area contributed by atoms with Gasteiger partial charge >= 0.3 is 5.97 Å². The first kappa shape index (κ1) is 20.7. The van der Waals surface area contributed by atoms with Gasteiger partial charge in [-0.25, -0.2) is 4.79 Å². The van der Waals surface area contributed by atoms with Gasteiger partial charge in [-0.2, -0.15) is 0 Å². The smallest absolute Gasteiger partial charge is 0.335 e. The molecule has 1 aliphatic heterocycles. The largest absolute Gasteiger partial charge is 0.478 e. The maximum Gasteiger partial charge on any atom is 0.335 e. The number of carboxylic acids is 1. The van der Waals surface area contributed by atoms with Crippen LogP contribution in [0, 0.1) is 5.41 Å². The fraction of sp³-hybridized carbons (Fsp3) is 0.435. The van der Waals surface area contributed by atoms with Crippen molar-refractivity contribution < 1.29 is 9.90 Å². The molecule has 0 saturated carbocycles. The van der Waals surface area contributed by atoms with Crippen molar-refractivity contribution in [3.63, 3.8) is 0 Å². The van der Waals surface area contributed by atoms with Crippen molar-refractivity contribution >= 4 is 23.3 Å². The van der Waals surface area contributed by atoms with Crippen LogP contribution in [0.15, 0.2) is 42.5 Å². The molecular formula is C23H29ClN2O2.